The summed E-state index contributed by atoms with van der Waals surface area (Å²) in [7, 11) is -1.45. The molecule has 0 atom stereocenters. The van der Waals surface area contributed by atoms with Gasteiger partial charge in [-0.1, -0.05) is 11.6 Å². The van der Waals surface area contributed by atoms with Gasteiger partial charge < -0.3 is 4.57 Å². The number of fused-ring (bicyclic) bond motifs is 1. The van der Waals surface area contributed by atoms with Crippen molar-refractivity contribution >= 4 is 32.5 Å². The molecule has 1 heterocycles. The molecule has 0 aliphatic carbocycles. The fraction of sp³-hybridized carbons (Fsp3) is 0.300. The monoisotopic (exact) mass is 258 g/mol. The summed E-state index contributed by atoms with van der Waals surface area (Å²) < 4.78 is 24.8. The third kappa shape index (κ3) is 1.70. The lowest BCUT2D eigenvalue weighted by atomic mass is 10.3. The molecule has 0 bridgehead atoms. The molecule has 2 aromatic rings. The van der Waals surface area contributed by atoms with Gasteiger partial charge in [0.05, 0.1) is 21.0 Å². The number of nitrogens with zero attached hydrogens (tertiary/aromatic N) is 2. The Morgan fingerprint density at radius 1 is 1.38 bits per heavy atom. The number of aromatic nitrogens is 2. The van der Waals surface area contributed by atoms with E-state index in [4.69, 9.17) is 11.6 Å². The van der Waals surface area contributed by atoms with Gasteiger partial charge in [0.1, 0.15) is 5.82 Å². The molecule has 0 unspecified atom stereocenters. The number of benzene rings is 1. The Balaban J connectivity index is 2.88. The molecule has 0 amide bonds. The van der Waals surface area contributed by atoms with Crippen LogP contribution in [0.15, 0.2) is 17.0 Å². The highest BCUT2D eigenvalue weighted by molar-refractivity contribution is 7.90. The van der Waals surface area contributed by atoms with Crippen molar-refractivity contribution in [3.05, 3.63) is 23.0 Å². The standard InChI is InChI=1S/C10H11ClN2O2S/c1-6-12-8-5-10(16(3,14)15)7(11)4-9(8)13(6)2/h4-5H,1-3H3. The van der Waals surface area contributed by atoms with E-state index in [0.29, 0.717) is 5.52 Å². The van der Waals surface area contributed by atoms with Crippen molar-refractivity contribution in [3.8, 4) is 0 Å². The lowest BCUT2D eigenvalue weighted by molar-refractivity contribution is 0.602. The van der Waals surface area contributed by atoms with Gasteiger partial charge in [0.25, 0.3) is 0 Å². The Bertz CT molecular complexity index is 674. The highest BCUT2D eigenvalue weighted by atomic mass is 35.5. The minimum atomic E-state index is -3.31. The molecule has 0 aliphatic heterocycles. The Kier molecular flexibility index (Phi) is 2.47. The summed E-state index contributed by atoms with van der Waals surface area (Å²) in [5.41, 5.74) is 1.47. The number of rotatable bonds is 1. The van der Waals surface area contributed by atoms with Crippen molar-refractivity contribution in [1.29, 1.82) is 0 Å². The minimum absolute atomic E-state index is 0.125. The molecular weight excluding hydrogens is 248 g/mol. The molecule has 4 nitrogen and oxygen atoms in total. The van der Waals surface area contributed by atoms with E-state index in [2.05, 4.69) is 4.98 Å². The maximum atomic E-state index is 11.5. The van der Waals surface area contributed by atoms with Crippen LogP contribution in [0.2, 0.25) is 5.02 Å². The molecular formula is C10H11ClN2O2S. The molecule has 0 saturated heterocycles. The van der Waals surface area contributed by atoms with E-state index in [9.17, 15) is 8.42 Å². The van der Waals surface area contributed by atoms with Gasteiger partial charge in [-0.15, -0.1) is 0 Å². The van der Waals surface area contributed by atoms with E-state index in [1.807, 2.05) is 18.5 Å². The molecule has 86 valence electrons. The predicted molar refractivity (Wildman–Crippen MR) is 63.6 cm³/mol. The van der Waals surface area contributed by atoms with Crippen LogP contribution < -0.4 is 0 Å². The first-order valence-corrected chi connectivity index (χ1v) is 6.90. The molecule has 1 aromatic carbocycles. The van der Waals surface area contributed by atoms with Gasteiger partial charge >= 0.3 is 0 Å². The maximum absolute atomic E-state index is 11.5. The van der Waals surface area contributed by atoms with Crippen molar-refractivity contribution in [2.45, 2.75) is 11.8 Å². The quantitative estimate of drug-likeness (QED) is 0.786. The third-order valence-corrected chi connectivity index (χ3v) is 4.12. The first-order chi connectivity index (χ1) is 7.30. The fourth-order valence-corrected chi connectivity index (χ4v) is 2.92. The summed E-state index contributed by atoms with van der Waals surface area (Å²) in [4.78, 5) is 4.39. The summed E-state index contributed by atoms with van der Waals surface area (Å²) in [6, 6.07) is 3.15. The lowest BCUT2D eigenvalue weighted by Gasteiger charge is -2.02. The normalized spacial score (nSPS) is 12.2. The first kappa shape index (κ1) is 11.4. The Morgan fingerprint density at radius 2 is 2.00 bits per heavy atom. The molecule has 1 aromatic heterocycles. The van der Waals surface area contributed by atoms with E-state index in [0.717, 1.165) is 17.6 Å². The molecule has 0 N–H and O–H groups in total. The van der Waals surface area contributed by atoms with Crippen molar-refractivity contribution in [3.63, 3.8) is 0 Å². The van der Waals surface area contributed by atoms with Crippen LogP contribution in [0.4, 0.5) is 0 Å². The third-order valence-electron chi connectivity index (χ3n) is 2.56. The summed E-state index contributed by atoms with van der Waals surface area (Å²) >= 11 is 5.95. The summed E-state index contributed by atoms with van der Waals surface area (Å²) in [5, 5.41) is 0.234. The van der Waals surface area contributed by atoms with Gasteiger partial charge in [0.2, 0.25) is 0 Å². The second-order valence-electron chi connectivity index (χ2n) is 3.76. The summed E-state index contributed by atoms with van der Waals surface area (Å²) in [6.07, 6.45) is 1.13. The van der Waals surface area contributed by atoms with Crippen molar-refractivity contribution < 1.29 is 8.42 Å². The average molecular weight is 259 g/mol. The highest BCUT2D eigenvalue weighted by Gasteiger charge is 2.15. The SMILES string of the molecule is Cc1nc2cc(S(C)(=O)=O)c(Cl)cc2n1C. The number of hydrogen-bond acceptors (Lipinski definition) is 3. The van der Waals surface area contributed by atoms with Crippen LogP contribution in [0.3, 0.4) is 0 Å². The van der Waals surface area contributed by atoms with Crippen LogP contribution in [-0.4, -0.2) is 24.2 Å². The van der Waals surface area contributed by atoms with Gasteiger partial charge in [-0.25, -0.2) is 13.4 Å². The maximum Gasteiger partial charge on any atom is 0.177 e. The molecule has 0 fully saturated rings. The predicted octanol–water partition coefficient (Wildman–Crippen LogP) is 1.94. The molecule has 0 aliphatic rings. The lowest BCUT2D eigenvalue weighted by Crippen LogP contribution is -1.98. The van der Waals surface area contributed by atoms with E-state index < -0.39 is 9.84 Å². The van der Waals surface area contributed by atoms with E-state index in [1.165, 1.54) is 6.07 Å². The Morgan fingerprint density at radius 3 is 2.56 bits per heavy atom. The first-order valence-electron chi connectivity index (χ1n) is 4.63. The van der Waals surface area contributed by atoms with Crippen LogP contribution >= 0.6 is 11.6 Å². The number of imidazole rings is 1. The van der Waals surface area contributed by atoms with Crippen molar-refractivity contribution in [2.24, 2.45) is 7.05 Å². The second-order valence-corrected chi connectivity index (χ2v) is 6.15. The van der Waals surface area contributed by atoms with Gasteiger partial charge in [-0.2, -0.15) is 0 Å². The van der Waals surface area contributed by atoms with Crippen LogP contribution in [0, 0.1) is 6.92 Å². The Hall–Kier alpha value is -1.07. The van der Waals surface area contributed by atoms with Crippen LogP contribution in [0.25, 0.3) is 11.0 Å². The second kappa shape index (κ2) is 3.46. The van der Waals surface area contributed by atoms with Gasteiger partial charge in [0.15, 0.2) is 9.84 Å². The largest absolute Gasteiger partial charge is 0.331 e. The molecule has 0 radical (unpaired) electrons. The molecule has 0 spiro atoms. The Labute approximate surface area is 98.8 Å². The van der Waals surface area contributed by atoms with E-state index in [-0.39, 0.29) is 9.92 Å². The fourth-order valence-electron chi connectivity index (χ4n) is 1.60. The van der Waals surface area contributed by atoms with Crippen molar-refractivity contribution in [1.82, 2.24) is 9.55 Å². The number of halogens is 1. The van der Waals surface area contributed by atoms with Crippen molar-refractivity contribution in [2.75, 3.05) is 6.26 Å². The molecule has 16 heavy (non-hydrogen) atoms. The topological polar surface area (TPSA) is 52.0 Å². The average Bonchev–Trinajstić information content (AvgIpc) is 2.41. The van der Waals surface area contributed by atoms with Gasteiger partial charge in [0, 0.05) is 13.3 Å². The van der Waals surface area contributed by atoms with Crippen LogP contribution in [0.1, 0.15) is 5.82 Å². The molecule has 6 heteroatoms. The zero-order valence-corrected chi connectivity index (χ0v) is 10.7. The molecule has 0 saturated carbocycles. The van der Waals surface area contributed by atoms with Crippen LogP contribution in [0.5, 0.6) is 0 Å². The number of sulfone groups is 1. The van der Waals surface area contributed by atoms with E-state index in [1.54, 1.807) is 6.07 Å². The summed E-state index contributed by atoms with van der Waals surface area (Å²) in [5.74, 6) is 0.816. The van der Waals surface area contributed by atoms with Gasteiger partial charge in [-0.05, 0) is 19.1 Å². The molecule has 2 rings (SSSR count). The van der Waals surface area contributed by atoms with E-state index >= 15 is 0 Å². The minimum Gasteiger partial charge on any atom is -0.331 e. The zero-order chi connectivity index (χ0) is 12.1. The number of hydrogen-bond donors (Lipinski definition) is 0. The number of aryl methyl sites for hydroxylation is 2. The smallest absolute Gasteiger partial charge is 0.177 e. The zero-order valence-electron chi connectivity index (χ0n) is 9.15. The van der Waals surface area contributed by atoms with Gasteiger partial charge in [-0.3, -0.25) is 0 Å². The van der Waals surface area contributed by atoms with Crippen LogP contribution in [-0.2, 0) is 16.9 Å². The summed E-state index contributed by atoms with van der Waals surface area (Å²) in [6.45, 7) is 1.86. The highest BCUT2D eigenvalue weighted by Crippen LogP contribution is 2.27.